The number of rotatable bonds is 8. The molecule has 1 aromatic carbocycles. The maximum atomic E-state index is 5.50. The number of benzene rings is 1. The third-order valence-electron chi connectivity index (χ3n) is 4.75. The van der Waals surface area contributed by atoms with Crippen molar-refractivity contribution in [2.75, 3.05) is 54.0 Å². The zero-order valence-corrected chi connectivity index (χ0v) is 16.2. The molecular weight excluding hydrogens is 312 g/mol. The Hall–Kier alpha value is -1.59. The van der Waals surface area contributed by atoms with Crippen molar-refractivity contribution >= 4 is 5.96 Å². The second kappa shape index (κ2) is 10.4. The molecule has 0 radical (unpaired) electrons. The molecule has 5 nitrogen and oxygen atoms in total. The van der Waals surface area contributed by atoms with Crippen LogP contribution in [0.25, 0.3) is 0 Å². The van der Waals surface area contributed by atoms with Gasteiger partial charge >= 0.3 is 0 Å². The number of nitrogens with one attached hydrogen (secondary N) is 1. The van der Waals surface area contributed by atoms with E-state index in [1.807, 2.05) is 0 Å². The Bertz CT molecular complexity index is 512. The fourth-order valence-electron chi connectivity index (χ4n) is 3.16. The minimum absolute atomic E-state index is 0.388. The van der Waals surface area contributed by atoms with Crippen LogP contribution in [0.3, 0.4) is 0 Å². The molecular formula is C20H34N4O. The highest BCUT2D eigenvalue weighted by molar-refractivity contribution is 5.79. The first-order valence-corrected chi connectivity index (χ1v) is 9.37. The maximum absolute atomic E-state index is 5.50. The van der Waals surface area contributed by atoms with Crippen LogP contribution in [0, 0.1) is 5.92 Å². The first-order valence-electron chi connectivity index (χ1n) is 9.37. The highest BCUT2D eigenvalue weighted by Gasteiger charge is 2.19. The van der Waals surface area contributed by atoms with Gasteiger partial charge in [-0.05, 0) is 39.4 Å². The molecule has 1 aromatic rings. The zero-order valence-electron chi connectivity index (χ0n) is 16.2. The molecule has 1 N–H and O–H groups in total. The van der Waals surface area contributed by atoms with Crippen molar-refractivity contribution in [2.24, 2.45) is 10.9 Å². The van der Waals surface area contributed by atoms with Gasteiger partial charge in [-0.15, -0.1) is 0 Å². The van der Waals surface area contributed by atoms with Gasteiger partial charge in [-0.25, -0.2) is 0 Å². The van der Waals surface area contributed by atoms with Crippen LogP contribution < -0.4 is 5.32 Å². The number of ether oxygens (including phenoxy) is 1. The molecule has 2 atom stereocenters. The van der Waals surface area contributed by atoms with Crippen molar-refractivity contribution in [3.63, 3.8) is 0 Å². The molecule has 5 heteroatoms. The Balaban J connectivity index is 1.98. The summed E-state index contributed by atoms with van der Waals surface area (Å²) in [5.41, 5.74) is 1.36. The fourth-order valence-corrected chi connectivity index (χ4v) is 3.16. The predicted molar refractivity (Wildman–Crippen MR) is 105 cm³/mol. The lowest BCUT2D eigenvalue weighted by Gasteiger charge is -2.27. The molecule has 2 rings (SSSR count). The smallest absolute Gasteiger partial charge is 0.193 e. The van der Waals surface area contributed by atoms with Crippen molar-refractivity contribution in [1.82, 2.24) is 15.1 Å². The molecule has 2 unspecified atom stereocenters. The van der Waals surface area contributed by atoms with E-state index in [1.54, 1.807) is 0 Å². The zero-order chi connectivity index (χ0) is 18.1. The van der Waals surface area contributed by atoms with E-state index in [0.29, 0.717) is 12.0 Å². The van der Waals surface area contributed by atoms with Crippen LogP contribution >= 0.6 is 0 Å². The van der Waals surface area contributed by atoms with Crippen LogP contribution in [0.2, 0.25) is 0 Å². The van der Waals surface area contributed by atoms with Crippen molar-refractivity contribution in [2.45, 2.75) is 25.8 Å². The van der Waals surface area contributed by atoms with Crippen LogP contribution in [-0.4, -0.2) is 75.8 Å². The summed E-state index contributed by atoms with van der Waals surface area (Å²) in [5, 5.41) is 3.43. The van der Waals surface area contributed by atoms with E-state index in [0.717, 1.165) is 51.6 Å². The van der Waals surface area contributed by atoms with Gasteiger partial charge in [-0.1, -0.05) is 30.3 Å². The molecule has 140 valence electrons. The Morgan fingerprint density at radius 3 is 2.64 bits per heavy atom. The van der Waals surface area contributed by atoms with Crippen molar-refractivity contribution < 1.29 is 4.74 Å². The highest BCUT2D eigenvalue weighted by atomic mass is 16.5. The summed E-state index contributed by atoms with van der Waals surface area (Å²) >= 11 is 0. The van der Waals surface area contributed by atoms with Crippen LogP contribution in [0.15, 0.2) is 35.3 Å². The van der Waals surface area contributed by atoms with E-state index in [-0.39, 0.29) is 0 Å². The van der Waals surface area contributed by atoms with Gasteiger partial charge in [0.05, 0.1) is 13.2 Å². The van der Waals surface area contributed by atoms with E-state index in [2.05, 4.69) is 73.5 Å². The summed E-state index contributed by atoms with van der Waals surface area (Å²) in [6.07, 6.45) is 2.16. The molecule has 1 aliphatic heterocycles. The van der Waals surface area contributed by atoms with E-state index < -0.39 is 0 Å². The minimum Gasteiger partial charge on any atom is -0.381 e. The highest BCUT2D eigenvalue weighted by Crippen LogP contribution is 2.13. The Labute approximate surface area is 153 Å². The first-order chi connectivity index (χ1) is 12.1. The minimum atomic E-state index is 0.388. The van der Waals surface area contributed by atoms with Crippen LogP contribution in [0.1, 0.15) is 18.9 Å². The number of guanidine groups is 1. The van der Waals surface area contributed by atoms with Gasteiger partial charge < -0.3 is 19.9 Å². The topological polar surface area (TPSA) is 40.1 Å². The fraction of sp³-hybridized carbons (Fsp3) is 0.650. The molecule has 1 aliphatic rings. The largest absolute Gasteiger partial charge is 0.381 e. The Morgan fingerprint density at radius 2 is 2.04 bits per heavy atom. The second-order valence-corrected chi connectivity index (χ2v) is 7.11. The molecule has 0 saturated carbocycles. The van der Waals surface area contributed by atoms with Gasteiger partial charge in [-0.2, -0.15) is 0 Å². The monoisotopic (exact) mass is 346 g/mol. The lowest BCUT2D eigenvalue weighted by Crippen LogP contribution is -2.42. The molecule has 1 fully saturated rings. The van der Waals surface area contributed by atoms with E-state index >= 15 is 0 Å². The maximum Gasteiger partial charge on any atom is 0.193 e. The molecule has 0 spiro atoms. The third-order valence-corrected chi connectivity index (χ3v) is 4.75. The van der Waals surface area contributed by atoms with Crippen LogP contribution in [-0.2, 0) is 11.2 Å². The quantitative estimate of drug-likeness (QED) is 0.578. The Morgan fingerprint density at radius 1 is 1.28 bits per heavy atom. The van der Waals surface area contributed by atoms with E-state index in [9.17, 15) is 0 Å². The van der Waals surface area contributed by atoms with Gasteiger partial charge in [0.1, 0.15) is 0 Å². The van der Waals surface area contributed by atoms with Crippen molar-refractivity contribution in [3.8, 4) is 0 Å². The van der Waals surface area contributed by atoms with E-state index in [4.69, 9.17) is 9.73 Å². The SMILES string of the molecule is CCNC(=NCC(Cc1ccccc1)N(C)C)N(C)CC1CCOC1. The summed E-state index contributed by atoms with van der Waals surface area (Å²) in [6.45, 7) is 6.56. The lowest BCUT2D eigenvalue weighted by atomic mass is 10.1. The van der Waals surface area contributed by atoms with Gasteiger partial charge in [0.15, 0.2) is 5.96 Å². The molecule has 0 aromatic heterocycles. The molecule has 0 amide bonds. The summed E-state index contributed by atoms with van der Waals surface area (Å²) in [5.74, 6) is 1.61. The average molecular weight is 347 g/mol. The van der Waals surface area contributed by atoms with Gasteiger partial charge in [0.25, 0.3) is 0 Å². The normalized spacial score (nSPS) is 19.2. The number of likely N-dealkylation sites (N-methyl/N-ethyl adjacent to an activating group) is 1. The second-order valence-electron chi connectivity index (χ2n) is 7.11. The van der Waals surface area contributed by atoms with E-state index in [1.165, 1.54) is 5.56 Å². The Kier molecular flexibility index (Phi) is 8.22. The molecule has 1 saturated heterocycles. The van der Waals surface area contributed by atoms with Crippen LogP contribution in [0.4, 0.5) is 0 Å². The summed E-state index contributed by atoms with van der Waals surface area (Å²) in [7, 11) is 6.40. The van der Waals surface area contributed by atoms with Gasteiger partial charge in [0, 0.05) is 38.7 Å². The third kappa shape index (κ3) is 6.67. The number of hydrogen-bond donors (Lipinski definition) is 1. The summed E-state index contributed by atoms with van der Waals surface area (Å²) in [4.78, 5) is 9.44. The van der Waals surface area contributed by atoms with Crippen molar-refractivity contribution in [3.05, 3.63) is 35.9 Å². The number of nitrogens with zero attached hydrogens (tertiary/aromatic N) is 3. The predicted octanol–water partition coefficient (Wildman–Crippen LogP) is 2.09. The van der Waals surface area contributed by atoms with Crippen molar-refractivity contribution in [1.29, 1.82) is 0 Å². The summed E-state index contributed by atoms with van der Waals surface area (Å²) in [6, 6.07) is 11.0. The summed E-state index contributed by atoms with van der Waals surface area (Å²) < 4.78 is 5.50. The van der Waals surface area contributed by atoms with Gasteiger partial charge in [0.2, 0.25) is 0 Å². The number of hydrogen-bond acceptors (Lipinski definition) is 3. The number of aliphatic imine (C=N–C) groups is 1. The standard InChI is InChI=1S/C20H34N4O/c1-5-21-20(24(4)15-18-11-12-25-16-18)22-14-19(23(2)3)13-17-9-7-6-8-10-17/h6-10,18-19H,5,11-16H2,1-4H3,(H,21,22). The van der Waals surface area contributed by atoms with Crippen LogP contribution in [0.5, 0.6) is 0 Å². The van der Waals surface area contributed by atoms with Gasteiger partial charge in [-0.3, -0.25) is 4.99 Å². The lowest BCUT2D eigenvalue weighted by molar-refractivity contribution is 0.181. The molecule has 1 heterocycles. The molecule has 25 heavy (non-hydrogen) atoms. The molecule has 0 aliphatic carbocycles. The first kappa shape index (κ1) is 19.7. The average Bonchev–Trinajstić information content (AvgIpc) is 3.11. The molecule has 0 bridgehead atoms.